The van der Waals surface area contributed by atoms with Crippen LogP contribution < -0.4 is 10.5 Å². The van der Waals surface area contributed by atoms with E-state index in [0.29, 0.717) is 19.5 Å². The summed E-state index contributed by atoms with van der Waals surface area (Å²) in [6, 6.07) is 18.2. The molecule has 0 spiro atoms. The Hall–Kier alpha value is -2.33. The number of amides is 1. The first-order valence-corrected chi connectivity index (χ1v) is 8.58. The molecule has 0 radical (unpaired) electrons. The van der Waals surface area contributed by atoms with Crippen LogP contribution in [0.25, 0.3) is 0 Å². The topological polar surface area (TPSA) is 55.6 Å². The maximum atomic E-state index is 12.9. The molecule has 2 aromatic carbocycles. The highest BCUT2D eigenvalue weighted by Gasteiger charge is 2.52. The van der Waals surface area contributed by atoms with Gasteiger partial charge in [-0.3, -0.25) is 4.79 Å². The van der Waals surface area contributed by atoms with Crippen molar-refractivity contribution in [3.63, 3.8) is 0 Å². The second-order valence-electron chi connectivity index (χ2n) is 6.58. The summed E-state index contributed by atoms with van der Waals surface area (Å²) in [6.45, 7) is 1.19. The van der Waals surface area contributed by atoms with Crippen LogP contribution in [0.3, 0.4) is 0 Å². The fraction of sp³-hybridized carbons (Fsp3) is 0.350. The smallest absolute Gasteiger partial charge is 0.226 e. The van der Waals surface area contributed by atoms with Crippen LogP contribution in [0.4, 0.5) is 0 Å². The van der Waals surface area contributed by atoms with Gasteiger partial charge in [0, 0.05) is 30.9 Å². The monoisotopic (exact) mass is 322 g/mol. The van der Waals surface area contributed by atoms with Gasteiger partial charge < -0.3 is 15.4 Å². The van der Waals surface area contributed by atoms with Crippen molar-refractivity contribution in [3.05, 3.63) is 65.7 Å². The van der Waals surface area contributed by atoms with E-state index in [4.69, 9.17) is 10.5 Å². The Morgan fingerprint density at radius 1 is 1.12 bits per heavy atom. The summed E-state index contributed by atoms with van der Waals surface area (Å²) < 4.78 is 6.52. The molecule has 2 N–H and O–H groups in total. The normalized spacial score (nSPS) is 25.1. The molecule has 2 aliphatic heterocycles. The molecule has 2 unspecified atom stereocenters. The number of piperidine rings is 1. The molecule has 2 atom stereocenters. The Morgan fingerprint density at radius 2 is 1.88 bits per heavy atom. The molecule has 4 heteroatoms. The zero-order valence-corrected chi connectivity index (χ0v) is 13.7. The fourth-order valence-corrected chi connectivity index (χ4v) is 4.03. The van der Waals surface area contributed by atoms with Crippen molar-refractivity contribution in [1.82, 2.24) is 4.90 Å². The Labute approximate surface area is 142 Å². The lowest BCUT2D eigenvalue weighted by atomic mass is 9.77. The molecule has 24 heavy (non-hydrogen) atoms. The number of carbonyl (C=O) groups excluding carboxylic acids is 1. The van der Waals surface area contributed by atoms with Crippen LogP contribution in [0.15, 0.2) is 54.6 Å². The molecule has 2 aliphatic rings. The van der Waals surface area contributed by atoms with Crippen molar-refractivity contribution in [2.24, 2.45) is 5.73 Å². The standard InChI is InChI=1S/C20H22N2O2/c21-11-6-12-22-19(23)13-15-14-20(22,16-7-2-1-3-8-16)24-18-10-5-4-9-17(15)18/h1-5,7-10,15H,6,11-14,21H2. The number of rotatable bonds is 4. The predicted molar refractivity (Wildman–Crippen MR) is 92.5 cm³/mol. The highest BCUT2D eigenvalue weighted by atomic mass is 16.5. The summed E-state index contributed by atoms with van der Waals surface area (Å²) in [5.74, 6) is 1.25. The van der Waals surface area contributed by atoms with Crippen molar-refractivity contribution in [1.29, 1.82) is 0 Å². The molecule has 0 saturated carbocycles. The average molecular weight is 322 g/mol. The molecule has 1 amide bonds. The second kappa shape index (κ2) is 5.95. The Balaban J connectivity index is 1.85. The summed E-state index contributed by atoms with van der Waals surface area (Å²) in [5.41, 5.74) is 7.17. The number of hydrogen-bond acceptors (Lipinski definition) is 3. The summed E-state index contributed by atoms with van der Waals surface area (Å²) in [6.07, 6.45) is 2.11. The largest absolute Gasteiger partial charge is 0.463 e. The van der Waals surface area contributed by atoms with Crippen LogP contribution in [0, 0.1) is 0 Å². The number of para-hydroxylation sites is 1. The van der Waals surface area contributed by atoms with Crippen molar-refractivity contribution >= 4 is 5.91 Å². The van der Waals surface area contributed by atoms with Crippen molar-refractivity contribution in [2.75, 3.05) is 13.1 Å². The summed E-state index contributed by atoms with van der Waals surface area (Å²) in [7, 11) is 0. The number of fused-ring (bicyclic) bond motifs is 4. The lowest BCUT2D eigenvalue weighted by molar-refractivity contribution is -0.173. The summed E-state index contributed by atoms with van der Waals surface area (Å²) in [5, 5.41) is 0. The van der Waals surface area contributed by atoms with E-state index in [1.54, 1.807) is 0 Å². The van der Waals surface area contributed by atoms with E-state index in [1.165, 1.54) is 0 Å². The Kier molecular flexibility index (Phi) is 3.77. The van der Waals surface area contributed by atoms with Crippen LogP contribution in [0.1, 0.15) is 36.3 Å². The fourth-order valence-electron chi connectivity index (χ4n) is 4.03. The van der Waals surface area contributed by atoms with Gasteiger partial charge in [0.25, 0.3) is 0 Å². The van der Waals surface area contributed by atoms with Gasteiger partial charge in [0.2, 0.25) is 11.6 Å². The van der Waals surface area contributed by atoms with Crippen LogP contribution in [-0.4, -0.2) is 23.9 Å². The quantitative estimate of drug-likeness (QED) is 0.941. The zero-order chi connectivity index (χ0) is 16.6. The molecule has 1 fully saturated rings. The third kappa shape index (κ3) is 2.29. The van der Waals surface area contributed by atoms with Gasteiger partial charge >= 0.3 is 0 Å². The first-order valence-electron chi connectivity index (χ1n) is 8.58. The van der Waals surface area contributed by atoms with Gasteiger partial charge in [-0.1, -0.05) is 48.5 Å². The minimum absolute atomic E-state index is 0.151. The van der Waals surface area contributed by atoms with Crippen LogP contribution in [0.2, 0.25) is 0 Å². The van der Waals surface area contributed by atoms with Gasteiger partial charge in [0.15, 0.2) is 0 Å². The van der Waals surface area contributed by atoms with E-state index in [-0.39, 0.29) is 11.8 Å². The second-order valence-corrected chi connectivity index (χ2v) is 6.58. The Bertz CT molecular complexity index is 746. The highest BCUT2D eigenvalue weighted by molar-refractivity contribution is 5.80. The number of ether oxygens (including phenoxy) is 1. The highest BCUT2D eigenvalue weighted by Crippen LogP contribution is 2.52. The summed E-state index contributed by atoms with van der Waals surface area (Å²) >= 11 is 0. The molecular formula is C20H22N2O2. The van der Waals surface area contributed by atoms with Crippen molar-refractivity contribution < 1.29 is 9.53 Å². The van der Waals surface area contributed by atoms with Gasteiger partial charge in [0.05, 0.1) is 0 Å². The molecule has 2 heterocycles. The van der Waals surface area contributed by atoms with E-state index < -0.39 is 5.72 Å². The molecule has 4 rings (SSSR count). The minimum atomic E-state index is -0.717. The third-order valence-electron chi connectivity index (χ3n) is 5.13. The van der Waals surface area contributed by atoms with Crippen LogP contribution in [-0.2, 0) is 10.5 Å². The predicted octanol–water partition coefficient (Wildman–Crippen LogP) is 2.99. The molecule has 0 aromatic heterocycles. The van der Waals surface area contributed by atoms with E-state index in [2.05, 4.69) is 18.2 Å². The number of hydrogen-bond donors (Lipinski definition) is 1. The first-order chi connectivity index (χ1) is 11.7. The van der Waals surface area contributed by atoms with Gasteiger partial charge in [-0.05, 0) is 24.6 Å². The third-order valence-corrected chi connectivity index (χ3v) is 5.13. The number of nitrogens with two attached hydrogens (primary N) is 1. The lowest BCUT2D eigenvalue weighted by Gasteiger charge is -2.52. The first kappa shape index (κ1) is 15.2. The number of carbonyl (C=O) groups is 1. The number of benzene rings is 2. The van der Waals surface area contributed by atoms with E-state index in [1.807, 2.05) is 41.3 Å². The SMILES string of the molecule is NCCCN1C(=O)CC2CC1(c1ccccc1)Oc1ccccc12. The zero-order valence-electron chi connectivity index (χ0n) is 13.7. The molecule has 1 saturated heterocycles. The summed E-state index contributed by atoms with van der Waals surface area (Å²) in [4.78, 5) is 14.8. The molecular weight excluding hydrogens is 300 g/mol. The number of likely N-dealkylation sites (tertiary alicyclic amines) is 1. The van der Waals surface area contributed by atoms with Crippen LogP contribution >= 0.6 is 0 Å². The van der Waals surface area contributed by atoms with Gasteiger partial charge in [-0.2, -0.15) is 0 Å². The maximum Gasteiger partial charge on any atom is 0.226 e. The lowest BCUT2D eigenvalue weighted by Crippen LogP contribution is -2.59. The van der Waals surface area contributed by atoms with E-state index in [0.717, 1.165) is 29.7 Å². The van der Waals surface area contributed by atoms with Crippen LogP contribution in [0.5, 0.6) is 5.75 Å². The average Bonchev–Trinajstić information content (AvgIpc) is 2.62. The molecule has 4 nitrogen and oxygen atoms in total. The molecule has 124 valence electrons. The van der Waals surface area contributed by atoms with E-state index in [9.17, 15) is 4.79 Å². The molecule has 0 aliphatic carbocycles. The molecule has 2 aromatic rings. The minimum Gasteiger partial charge on any atom is -0.463 e. The van der Waals surface area contributed by atoms with Gasteiger partial charge in [0.1, 0.15) is 5.75 Å². The van der Waals surface area contributed by atoms with Crippen molar-refractivity contribution in [3.8, 4) is 5.75 Å². The maximum absolute atomic E-state index is 12.9. The number of nitrogens with zero attached hydrogens (tertiary/aromatic N) is 1. The van der Waals surface area contributed by atoms with Crippen molar-refractivity contribution in [2.45, 2.75) is 30.9 Å². The molecule has 2 bridgehead atoms. The van der Waals surface area contributed by atoms with E-state index >= 15 is 0 Å². The van der Waals surface area contributed by atoms with Gasteiger partial charge in [-0.25, -0.2) is 0 Å². The Morgan fingerprint density at radius 3 is 2.67 bits per heavy atom. The van der Waals surface area contributed by atoms with Gasteiger partial charge in [-0.15, -0.1) is 0 Å².